The number of H-pyrrole nitrogens is 1. The molecule has 0 spiro atoms. The third-order valence-corrected chi connectivity index (χ3v) is 6.67. The number of nitrogens with one attached hydrogen (secondary N) is 2. The van der Waals surface area contributed by atoms with Crippen molar-refractivity contribution >= 4 is 29.3 Å². The molecule has 1 aliphatic heterocycles. The van der Waals surface area contributed by atoms with E-state index in [1.807, 2.05) is 42.6 Å². The van der Waals surface area contributed by atoms with E-state index in [1.54, 1.807) is 13.1 Å². The van der Waals surface area contributed by atoms with Gasteiger partial charge in [0.2, 0.25) is 0 Å². The zero-order valence-electron chi connectivity index (χ0n) is 13.3. The number of aromatic amines is 1. The number of thioether (sulfide) groups is 2. The number of nitrogens with zero attached hydrogens (tertiary/aromatic N) is 2. The standard InChI is InChI=1S/C16H20N4OS2/c1-10-11(2)19-15(20-16(10)21)12-3-4-14(17-7-12)18-8-13-9-22-5-6-23-13/h3-4,7,13H,5-6,8-9H2,1-2H3,(H,17,18)(H,19,20,21). The van der Waals surface area contributed by atoms with Crippen LogP contribution in [0.3, 0.4) is 0 Å². The van der Waals surface area contributed by atoms with Crippen LogP contribution in [0.2, 0.25) is 0 Å². The van der Waals surface area contributed by atoms with Gasteiger partial charge in [0.25, 0.3) is 5.56 Å². The first kappa shape index (κ1) is 16.4. The molecular weight excluding hydrogens is 328 g/mol. The molecule has 0 saturated carbocycles. The van der Waals surface area contributed by atoms with Crippen LogP contribution in [0.4, 0.5) is 5.82 Å². The molecule has 0 amide bonds. The highest BCUT2D eigenvalue weighted by molar-refractivity contribution is 8.06. The first-order valence-electron chi connectivity index (χ1n) is 7.60. The maximum atomic E-state index is 11.8. The van der Waals surface area contributed by atoms with E-state index in [9.17, 15) is 4.79 Å². The number of aryl methyl sites for hydroxylation is 1. The number of aromatic nitrogens is 3. The molecule has 1 fully saturated rings. The predicted octanol–water partition coefficient (Wildman–Crippen LogP) is 2.71. The third-order valence-electron chi connectivity index (χ3n) is 3.83. The van der Waals surface area contributed by atoms with E-state index < -0.39 is 0 Å². The summed E-state index contributed by atoms with van der Waals surface area (Å²) in [7, 11) is 0. The fourth-order valence-electron chi connectivity index (χ4n) is 2.29. The number of hydrogen-bond donors (Lipinski definition) is 2. The van der Waals surface area contributed by atoms with E-state index in [2.05, 4.69) is 20.3 Å². The second-order valence-corrected chi connectivity index (χ2v) is 8.06. The van der Waals surface area contributed by atoms with E-state index in [1.165, 1.54) is 17.3 Å². The van der Waals surface area contributed by atoms with Gasteiger partial charge in [-0.3, -0.25) is 4.79 Å². The summed E-state index contributed by atoms with van der Waals surface area (Å²) in [6, 6.07) is 3.87. The van der Waals surface area contributed by atoms with Crippen molar-refractivity contribution in [1.82, 2.24) is 15.0 Å². The highest BCUT2D eigenvalue weighted by atomic mass is 32.2. The Morgan fingerprint density at radius 1 is 1.35 bits per heavy atom. The number of anilines is 1. The summed E-state index contributed by atoms with van der Waals surface area (Å²) in [5.41, 5.74) is 2.13. The summed E-state index contributed by atoms with van der Waals surface area (Å²) in [4.78, 5) is 23.5. The van der Waals surface area contributed by atoms with Gasteiger partial charge in [-0.15, -0.1) is 0 Å². The van der Waals surface area contributed by atoms with Gasteiger partial charge in [0.05, 0.1) is 0 Å². The molecule has 23 heavy (non-hydrogen) atoms. The van der Waals surface area contributed by atoms with Gasteiger partial charge in [0.1, 0.15) is 11.6 Å². The van der Waals surface area contributed by atoms with Gasteiger partial charge in [-0.1, -0.05) is 0 Å². The first-order valence-corrected chi connectivity index (χ1v) is 9.81. The first-order chi connectivity index (χ1) is 11.1. The number of rotatable bonds is 4. The Bertz CT molecular complexity index is 724. The summed E-state index contributed by atoms with van der Waals surface area (Å²) < 4.78 is 0. The average Bonchev–Trinajstić information content (AvgIpc) is 2.59. The second kappa shape index (κ2) is 7.40. The van der Waals surface area contributed by atoms with Gasteiger partial charge in [-0.05, 0) is 26.0 Å². The van der Waals surface area contributed by atoms with Crippen LogP contribution < -0.4 is 10.9 Å². The molecule has 1 aliphatic rings. The van der Waals surface area contributed by atoms with Crippen molar-refractivity contribution in [3.05, 3.63) is 39.9 Å². The van der Waals surface area contributed by atoms with E-state index in [-0.39, 0.29) is 5.56 Å². The molecule has 1 saturated heterocycles. The SMILES string of the molecule is Cc1nc(-c2ccc(NCC3CSCCS3)nc2)[nH]c(=O)c1C. The molecule has 1 unspecified atom stereocenters. The molecule has 3 rings (SSSR count). The van der Waals surface area contributed by atoms with E-state index in [0.29, 0.717) is 16.6 Å². The highest BCUT2D eigenvalue weighted by Gasteiger charge is 2.14. The molecule has 2 aromatic rings. The van der Waals surface area contributed by atoms with Crippen LogP contribution in [-0.4, -0.2) is 44.0 Å². The van der Waals surface area contributed by atoms with E-state index >= 15 is 0 Å². The van der Waals surface area contributed by atoms with Crippen LogP contribution in [0.15, 0.2) is 23.1 Å². The van der Waals surface area contributed by atoms with Crippen molar-refractivity contribution in [3.63, 3.8) is 0 Å². The molecule has 0 bridgehead atoms. The smallest absolute Gasteiger partial charge is 0.254 e. The number of hydrogen-bond acceptors (Lipinski definition) is 6. The zero-order valence-corrected chi connectivity index (χ0v) is 14.9. The molecule has 0 aliphatic carbocycles. The molecule has 2 aromatic heterocycles. The molecule has 1 atom stereocenters. The second-order valence-electron chi connectivity index (χ2n) is 5.51. The number of pyridine rings is 1. The van der Waals surface area contributed by atoms with Gasteiger partial charge in [0.15, 0.2) is 0 Å². The predicted molar refractivity (Wildman–Crippen MR) is 99.6 cm³/mol. The van der Waals surface area contributed by atoms with Crippen LogP contribution >= 0.6 is 23.5 Å². The van der Waals surface area contributed by atoms with Gasteiger partial charge >= 0.3 is 0 Å². The maximum absolute atomic E-state index is 11.8. The van der Waals surface area contributed by atoms with Gasteiger partial charge in [0, 0.05) is 52.1 Å². The summed E-state index contributed by atoms with van der Waals surface area (Å²) in [5.74, 6) is 5.11. The Balaban J connectivity index is 1.68. The van der Waals surface area contributed by atoms with Crippen LogP contribution in [0.5, 0.6) is 0 Å². The van der Waals surface area contributed by atoms with Crippen molar-refractivity contribution in [2.45, 2.75) is 19.1 Å². The monoisotopic (exact) mass is 348 g/mol. The minimum atomic E-state index is -0.0958. The molecule has 2 N–H and O–H groups in total. The molecule has 7 heteroatoms. The van der Waals surface area contributed by atoms with Crippen molar-refractivity contribution in [3.8, 4) is 11.4 Å². The lowest BCUT2D eigenvalue weighted by atomic mass is 10.2. The minimum absolute atomic E-state index is 0.0958. The van der Waals surface area contributed by atoms with Crippen LogP contribution in [0.25, 0.3) is 11.4 Å². The molecule has 0 radical (unpaired) electrons. The third kappa shape index (κ3) is 4.09. The van der Waals surface area contributed by atoms with Crippen molar-refractivity contribution < 1.29 is 0 Å². The maximum Gasteiger partial charge on any atom is 0.254 e. The molecule has 0 aromatic carbocycles. The summed E-state index contributed by atoms with van der Waals surface area (Å²) in [5, 5.41) is 4.03. The fraction of sp³-hybridized carbons (Fsp3) is 0.438. The lowest BCUT2D eigenvalue weighted by Gasteiger charge is -2.21. The molecule has 3 heterocycles. The topological polar surface area (TPSA) is 70.7 Å². The quantitative estimate of drug-likeness (QED) is 0.885. The average molecular weight is 348 g/mol. The van der Waals surface area contributed by atoms with Crippen LogP contribution in [0.1, 0.15) is 11.3 Å². The molecule has 5 nitrogen and oxygen atoms in total. The van der Waals surface area contributed by atoms with Crippen LogP contribution in [-0.2, 0) is 0 Å². The zero-order chi connectivity index (χ0) is 16.2. The van der Waals surface area contributed by atoms with Crippen molar-refractivity contribution in [1.29, 1.82) is 0 Å². The van der Waals surface area contributed by atoms with E-state index in [0.717, 1.165) is 23.6 Å². The Labute approximate surface area is 144 Å². The van der Waals surface area contributed by atoms with Gasteiger partial charge < -0.3 is 10.3 Å². The van der Waals surface area contributed by atoms with Gasteiger partial charge in [-0.2, -0.15) is 23.5 Å². The Kier molecular flexibility index (Phi) is 5.27. The normalized spacial score (nSPS) is 17.9. The molecule has 122 valence electrons. The Morgan fingerprint density at radius 3 is 2.87 bits per heavy atom. The highest BCUT2D eigenvalue weighted by Crippen LogP contribution is 2.24. The lowest BCUT2D eigenvalue weighted by molar-refractivity contribution is 0.991. The Hall–Kier alpha value is -1.47. The van der Waals surface area contributed by atoms with Crippen molar-refractivity contribution in [2.24, 2.45) is 0 Å². The van der Waals surface area contributed by atoms with Crippen LogP contribution in [0, 0.1) is 13.8 Å². The van der Waals surface area contributed by atoms with Crippen molar-refractivity contribution in [2.75, 3.05) is 29.1 Å². The molecular formula is C16H20N4OS2. The minimum Gasteiger partial charge on any atom is -0.369 e. The van der Waals surface area contributed by atoms with Gasteiger partial charge in [-0.25, -0.2) is 9.97 Å². The Morgan fingerprint density at radius 2 is 2.22 bits per heavy atom. The van der Waals surface area contributed by atoms with E-state index in [4.69, 9.17) is 0 Å². The fourth-order valence-corrected chi connectivity index (χ4v) is 4.90. The summed E-state index contributed by atoms with van der Waals surface area (Å²) in [6.45, 7) is 4.55. The summed E-state index contributed by atoms with van der Waals surface area (Å²) in [6.07, 6.45) is 1.75. The largest absolute Gasteiger partial charge is 0.369 e. The lowest BCUT2D eigenvalue weighted by Crippen LogP contribution is -2.23. The summed E-state index contributed by atoms with van der Waals surface area (Å²) >= 11 is 4.04.